The molecule has 3 saturated heterocycles. The van der Waals surface area contributed by atoms with Gasteiger partial charge in [-0.2, -0.15) is 0 Å². The Kier molecular flexibility index (Phi) is 10.1. The number of amides is 4. The summed E-state index contributed by atoms with van der Waals surface area (Å²) in [6.07, 6.45) is 8.22. The van der Waals surface area contributed by atoms with Gasteiger partial charge in [-0.15, -0.1) is 0 Å². The average Bonchev–Trinajstić information content (AvgIpc) is 3.65. The van der Waals surface area contributed by atoms with Gasteiger partial charge in [0.25, 0.3) is 5.91 Å². The zero-order valence-corrected chi connectivity index (χ0v) is 32.4. The van der Waals surface area contributed by atoms with Crippen molar-refractivity contribution in [3.63, 3.8) is 0 Å². The Morgan fingerprint density at radius 3 is 2.50 bits per heavy atom. The molecule has 1 N–H and O–H groups in total. The number of anilines is 1. The van der Waals surface area contributed by atoms with Gasteiger partial charge in [0.1, 0.15) is 18.8 Å². The maximum absolute atomic E-state index is 13.3. The Morgan fingerprint density at radius 1 is 0.879 bits per heavy atom. The van der Waals surface area contributed by atoms with Gasteiger partial charge < -0.3 is 28.6 Å². The van der Waals surface area contributed by atoms with E-state index >= 15 is 0 Å². The minimum Gasteiger partial charge on any atom is -0.474 e. The lowest BCUT2D eigenvalue weighted by atomic mass is 10.0. The largest absolute Gasteiger partial charge is 0.474 e. The third-order valence-electron chi connectivity index (χ3n) is 11.8. The summed E-state index contributed by atoms with van der Waals surface area (Å²) in [5, 5.41) is 4.64. The van der Waals surface area contributed by atoms with E-state index in [2.05, 4.69) is 56.6 Å². The summed E-state index contributed by atoms with van der Waals surface area (Å²) in [6, 6.07) is 17.3. The highest BCUT2D eigenvalue weighted by Crippen LogP contribution is 2.38. The number of nitrogens with one attached hydrogen (secondary N) is 1. The molecule has 0 aliphatic carbocycles. The van der Waals surface area contributed by atoms with Gasteiger partial charge in [-0.05, 0) is 48.7 Å². The van der Waals surface area contributed by atoms with E-state index in [0.29, 0.717) is 68.5 Å². The fraction of sp³-hybridized carbons (Fsp3) is 0.364. The molecule has 2 aromatic carbocycles. The van der Waals surface area contributed by atoms with Crippen LogP contribution < -0.4 is 15.0 Å². The molecular formula is C44H45N7O7. The zero-order valence-electron chi connectivity index (χ0n) is 32.4. The molecule has 0 saturated carbocycles. The fourth-order valence-corrected chi connectivity index (χ4v) is 8.46. The van der Waals surface area contributed by atoms with Gasteiger partial charge in [0, 0.05) is 129 Å². The molecule has 7 heterocycles. The Morgan fingerprint density at radius 2 is 1.71 bits per heavy atom. The highest BCUT2D eigenvalue weighted by molar-refractivity contribution is 6.13. The van der Waals surface area contributed by atoms with E-state index in [1.807, 2.05) is 59.9 Å². The first-order valence-electron chi connectivity index (χ1n) is 19.9. The van der Waals surface area contributed by atoms with E-state index in [-0.39, 0.29) is 49.4 Å². The first-order chi connectivity index (χ1) is 28.2. The van der Waals surface area contributed by atoms with E-state index < -0.39 is 11.9 Å². The van der Waals surface area contributed by atoms with Gasteiger partial charge >= 0.3 is 0 Å². The van der Waals surface area contributed by atoms with Crippen molar-refractivity contribution >= 4 is 56.8 Å². The topological polar surface area (TPSA) is 148 Å². The summed E-state index contributed by atoms with van der Waals surface area (Å²) in [4.78, 5) is 64.5. The van der Waals surface area contributed by atoms with Gasteiger partial charge in [0.05, 0.1) is 17.2 Å². The van der Waals surface area contributed by atoms with Crippen LogP contribution in [0.15, 0.2) is 79.8 Å². The second-order valence-electron chi connectivity index (χ2n) is 15.4. The summed E-state index contributed by atoms with van der Waals surface area (Å²) in [5.41, 5.74) is 6.97. The van der Waals surface area contributed by atoms with Gasteiger partial charge in [0.2, 0.25) is 23.6 Å². The summed E-state index contributed by atoms with van der Waals surface area (Å²) in [5.74, 6) is -0.512. The molecule has 3 aromatic heterocycles. The molecule has 0 bridgehead atoms. The molecule has 4 amide bonds. The Balaban J connectivity index is 0.658. The van der Waals surface area contributed by atoms with E-state index in [9.17, 15) is 19.2 Å². The van der Waals surface area contributed by atoms with Crippen LogP contribution in [0.2, 0.25) is 0 Å². The molecule has 0 radical (unpaired) electrons. The van der Waals surface area contributed by atoms with Crippen molar-refractivity contribution < 1.29 is 33.4 Å². The number of aryl methyl sites for hydroxylation is 1. The smallest absolute Gasteiger partial charge is 0.259 e. The Labute approximate surface area is 335 Å². The summed E-state index contributed by atoms with van der Waals surface area (Å²) in [7, 11) is 2.07. The predicted molar refractivity (Wildman–Crippen MR) is 217 cm³/mol. The number of ether oxygens (including phenoxy) is 3. The number of likely N-dealkylation sites (tertiary alicyclic amines) is 1. The Hall–Kier alpha value is -6.12. The zero-order chi connectivity index (χ0) is 39.9. The standard InChI is InChI=1S/C44H45N7O7/c1-27-33-8-6-30(21-35(33)44(55)51(27)38-9-10-40(52)47-43(38)54)50-24-32(25-50)57-19-3-18-56-26-42(53)49-16-13-31(14-17-49)58-41-11-5-29(22-46-41)28-4-7-34-36-23-45-15-12-37(36)48(2)39(34)20-28/h4-8,11-12,15,20-23,31-32,38H,1,3,9-10,13-14,16-19,24-26H2,2H3,(H,47,52,54). The predicted octanol–water partition coefficient (Wildman–Crippen LogP) is 4.70. The number of fused-ring (bicyclic) bond motifs is 4. The van der Waals surface area contributed by atoms with Crippen LogP contribution >= 0.6 is 0 Å². The SMILES string of the molecule is C=C1c2ccc(N3CC(OCCCOCC(=O)N4CCC(Oc5ccc(-c6ccc7c8cnccc8n(C)c7c6)cn5)CC4)C3)cc2C(=O)N1C1CCC(=O)NC1=O. The number of benzene rings is 2. The second kappa shape index (κ2) is 15.7. The molecular weight excluding hydrogens is 739 g/mol. The fourth-order valence-electron chi connectivity index (χ4n) is 8.46. The second-order valence-corrected chi connectivity index (χ2v) is 15.4. The Bertz CT molecular complexity index is 2430. The number of hydrogen-bond donors (Lipinski definition) is 1. The van der Waals surface area contributed by atoms with Crippen molar-refractivity contribution in [1.82, 2.24) is 29.7 Å². The van der Waals surface area contributed by atoms with Crippen LogP contribution in [-0.2, 0) is 30.9 Å². The lowest BCUT2D eigenvalue weighted by Gasteiger charge is -2.40. The van der Waals surface area contributed by atoms with Crippen LogP contribution in [0, 0.1) is 0 Å². The molecule has 4 aliphatic rings. The number of carbonyl (C=O) groups is 4. The first kappa shape index (κ1) is 37.5. The van der Waals surface area contributed by atoms with Crippen molar-refractivity contribution in [1.29, 1.82) is 0 Å². The highest BCUT2D eigenvalue weighted by atomic mass is 16.5. The van der Waals surface area contributed by atoms with Crippen LogP contribution in [0.4, 0.5) is 5.69 Å². The van der Waals surface area contributed by atoms with Crippen molar-refractivity contribution in [2.75, 3.05) is 50.9 Å². The maximum atomic E-state index is 13.3. The molecule has 14 nitrogen and oxygen atoms in total. The third kappa shape index (κ3) is 7.17. The van der Waals surface area contributed by atoms with Crippen molar-refractivity contribution in [2.45, 2.75) is 50.4 Å². The van der Waals surface area contributed by atoms with E-state index in [1.165, 1.54) is 10.3 Å². The van der Waals surface area contributed by atoms with Gasteiger partial charge in [-0.1, -0.05) is 24.8 Å². The highest BCUT2D eigenvalue weighted by Gasteiger charge is 2.42. The lowest BCUT2D eigenvalue weighted by molar-refractivity contribution is -0.138. The number of aromatic nitrogens is 3. The number of nitrogens with zero attached hydrogens (tertiary/aromatic N) is 6. The number of carbonyl (C=O) groups excluding carboxylic acids is 4. The van der Waals surface area contributed by atoms with Crippen LogP contribution in [-0.4, -0.2) is 112 Å². The molecule has 4 aliphatic heterocycles. The number of imide groups is 1. The average molecular weight is 784 g/mol. The number of pyridine rings is 2. The van der Waals surface area contributed by atoms with Crippen LogP contribution in [0.1, 0.15) is 48.0 Å². The lowest BCUT2D eigenvalue weighted by Crippen LogP contribution is -2.52. The molecule has 14 heteroatoms. The van der Waals surface area contributed by atoms with E-state index in [4.69, 9.17) is 14.2 Å². The van der Waals surface area contributed by atoms with Crippen molar-refractivity contribution in [3.8, 4) is 17.0 Å². The maximum Gasteiger partial charge on any atom is 0.259 e. The van der Waals surface area contributed by atoms with E-state index in [1.54, 1.807) is 0 Å². The summed E-state index contributed by atoms with van der Waals surface area (Å²) < 4.78 is 20.1. The molecule has 1 atom stereocenters. The van der Waals surface area contributed by atoms with Crippen molar-refractivity contribution in [2.24, 2.45) is 7.05 Å². The number of piperidine rings is 2. The van der Waals surface area contributed by atoms with Crippen LogP contribution in [0.3, 0.4) is 0 Å². The first-order valence-corrected chi connectivity index (χ1v) is 19.9. The monoisotopic (exact) mass is 783 g/mol. The minimum absolute atomic E-state index is 0.0100. The van der Waals surface area contributed by atoms with Gasteiger partial charge in [-0.25, -0.2) is 4.98 Å². The summed E-state index contributed by atoms with van der Waals surface area (Å²) in [6.45, 7) is 7.65. The number of hydrogen-bond acceptors (Lipinski definition) is 10. The third-order valence-corrected chi connectivity index (χ3v) is 11.8. The summed E-state index contributed by atoms with van der Waals surface area (Å²) >= 11 is 0. The van der Waals surface area contributed by atoms with Crippen LogP contribution in [0.25, 0.3) is 38.6 Å². The molecule has 298 valence electrons. The molecule has 1 unspecified atom stereocenters. The normalized spacial score (nSPS) is 18.9. The molecule has 3 fully saturated rings. The van der Waals surface area contributed by atoms with Gasteiger partial charge in [-0.3, -0.25) is 34.4 Å². The van der Waals surface area contributed by atoms with Crippen molar-refractivity contribution in [3.05, 3.63) is 90.9 Å². The van der Waals surface area contributed by atoms with Gasteiger partial charge in [0.15, 0.2) is 0 Å². The van der Waals surface area contributed by atoms with E-state index in [0.717, 1.165) is 46.1 Å². The molecule has 0 spiro atoms. The molecule has 58 heavy (non-hydrogen) atoms. The number of rotatable bonds is 12. The molecule has 5 aromatic rings. The minimum atomic E-state index is -0.743. The quantitative estimate of drug-likeness (QED) is 0.140. The van der Waals surface area contributed by atoms with Crippen LogP contribution in [0.5, 0.6) is 5.88 Å². The molecule has 9 rings (SSSR count).